The van der Waals surface area contributed by atoms with E-state index >= 15 is 0 Å². The van der Waals surface area contributed by atoms with E-state index in [9.17, 15) is 14.3 Å². The van der Waals surface area contributed by atoms with E-state index in [0.717, 1.165) is 15.6 Å². The summed E-state index contributed by atoms with van der Waals surface area (Å²) >= 11 is 1.55. The van der Waals surface area contributed by atoms with Crippen LogP contribution < -0.4 is 5.32 Å². The molecule has 3 nitrogen and oxygen atoms in total. The number of aliphatic hydroxyl groups is 1. The summed E-state index contributed by atoms with van der Waals surface area (Å²) in [4.78, 5) is 11.9. The van der Waals surface area contributed by atoms with Crippen LogP contribution in [0.4, 0.5) is 4.39 Å². The van der Waals surface area contributed by atoms with Crippen LogP contribution in [0.15, 0.2) is 53.9 Å². The summed E-state index contributed by atoms with van der Waals surface area (Å²) < 4.78 is 14.2. The van der Waals surface area contributed by atoms with Gasteiger partial charge in [0.15, 0.2) is 0 Å². The Morgan fingerprint density at radius 1 is 1.23 bits per heavy atom. The molecule has 112 valence electrons. The number of hydrogen-bond donors (Lipinski definition) is 2. The minimum Gasteiger partial charge on any atom is -0.387 e. The van der Waals surface area contributed by atoms with E-state index in [1.165, 1.54) is 24.3 Å². The summed E-state index contributed by atoms with van der Waals surface area (Å²) in [5, 5.41) is 15.8. The molecule has 0 radical (unpaired) electrons. The highest BCUT2D eigenvalue weighted by Gasteiger charge is 2.14. The van der Waals surface area contributed by atoms with Crippen molar-refractivity contribution >= 4 is 27.3 Å². The molecule has 0 aliphatic rings. The van der Waals surface area contributed by atoms with Crippen LogP contribution in [-0.4, -0.2) is 17.6 Å². The normalized spacial score (nSPS) is 12.3. The lowest BCUT2D eigenvalue weighted by Crippen LogP contribution is -2.28. The number of amides is 1. The van der Waals surface area contributed by atoms with Crippen LogP contribution in [-0.2, 0) is 0 Å². The molecule has 0 saturated heterocycles. The minimum absolute atomic E-state index is 0.0794. The third-order valence-corrected chi connectivity index (χ3v) is 4.39. The number of carbonyl (C=O) groups excluding carboxylic acids is 1. The Bertz CT molecular complexity index is 815. The fourth-order valence-corrected chi connectivity index (χ4v) is 3.30. The van der Waals surface area contributed by atoms with Crippen molar-refractivity contribution in [3.8, 4) is 0 Å². The standard InChI is InChI=1S/C17H14FNO2S/c18-12-5-3-4-11(8-12)17(21)19-9-15(20)14-10-22-16-7-2-1-6-13(14)16/h1-8,10,15,20H,9H2,(H,19,21). The van der Waals surface area contributed by atoms with Crippen molar-refractivity contribution in [3.05, 3.63) is 70.9 Å². The van der Waals surface area contributed by atoms with E-state index in [-0.39, 0.29) is 12.1 Å². The van der Waals surface area contributed by atoms with E-state index < -0.39 is 17.8 Å². The molecule has 0 bridgehead atoms. The van der Waals surface area contributed by atoms with Gasteiger partial charge in [-0.2, -0.15) is 0 Å². The molecular formula is C17H14FNO2S. The molecule has 3 aromatic rings. The van der Waals surface area contributed by atoms with E-state index in [0.29, 0.717) is 0 Å². The van der Waals surface area contributed by atoms with Gasteiger partial charge in [0, 0.05) is 22.4 Å². The van der Waals surface area contributed by atoms with E-state index in [1.54, 1.807) is 11.3 Å². The van der Waals surface area contributed by atoms with Gasteiger partial charge in [-0.15, -0.1) is 11.3 Å². The van der Waals surface area contributed by atoms with Gasteiger partial charge in [-0.05, 0) is 35.0 Å². The Morgan fingerprint density at radius 2 is 2.05 bits per heavy atom. The van der Waals surface area contributed by atoms with Crippen molar-refractivity contribution < 1.29 is 14.3 Å². The van der Waals surface area contributed by atoms with Gasteiger partial charge >= 0.3 is 0 Å². The van der Waals surface area contributed by atoms with Gasteiger partial charge in [-0.1, -0.05) is 24.3 Å². The molecule has 22 heavy (non-hydrogen) atoms. The van der Waals surface area contributed by atoms with Gasteiger partial charge < -0.3 is 10.4 Å². The van der Waals surface area contributed by atoms with Gasteiger partial charge in [0.25, 0.3) is 5.91 Å². The molecule has 0 spiro atoms. The zero-order valence-electron chi connectivity index (χ0n) is 11.6. The molecule has 0 fully saturated rings. The van der Waals surface area contributed by atoms with E-state index in [1.807, 2.05) is 29.6 Å². The molecule has 1 heterocycles. The van der Waals surface area contributed by atoms with Crippen LogP contribution in [0, 0.1) is 5.82 Å². The summed E-state index contributed by atoms with van der Waals surface area (Å²) in [7, 11) is 0. The van der Waals surface area contributed by atoms with Gasteiger partial charge in [-0.25, -0.2) is 4.39 Å². The van der Waals surface area contributed by atoms with Crippen molar-refractivity contribution in [2.75, 3.05) is 6.54 Å². The first-order valence-corrected chi connectivity index (χ1v) is 7.71. The van der Waals surface area contributed by atoms with E-state index in [4.69, 9.17) is 0 Å². The average Bonchev–Trinajstić information content (AvgIpc) is 2.96. The largest absolute Gasteiger partial charge is 0.387 e. The number of fused-ring (bicyclic) bond motifs is 1. The highest BCUT2D eigenvalue weighted by Crippen LogP contribution is 2.29. The quantitative estimate of drug-likeness (QED) is 0.774. The van der Waals surface area contributed by atoms with Crippen molar-refractivity contribution in [2.24, 2.45) is 0 Å². The van der Waals surface area contributed by atoms with Gasteiger partial charge in [-0.3, -0.25) is 4.79 Å². The van der Waals surface area contributed by atoms with Gasteiger partial charge in [0.1, 0.15) is 5.82 Å². The Morgan fingerprint density at radius 3 is 2.86 bits per heavy atom. The van der Waals surface area contributed by atoms with Gasteiger partial charge in [0.05, 0.1) is 6.10 Å². The number of carbonyl (C=O) groups is 1. The molecular weight excluding hydrogens is 301 g/mol. The molecule has 2 N–H and O–H groups in total. The van der Waals surface area contributed by atoms with Crippen LogP contribution in [0.3, 0.4) is 0 Å². The number of benzene rings is 2. The fraction of sp³-hybridized carbons (Fsp3) is 0.118. The number of aliphatic hydroxyl groups excluding tert-OH is 1. The van der Waals surface area contributed by atoms with Crippen LogP contribution in [0.5, 0.6) is 0 Å². The lowest BCUT2D eigenvalue weighted by atomic mass is 10.1. The first-order chi connectivity index (χ1) is 10.6. The Balaban J connectivity index is 1.70. The topological polar surface area (TPSA) is 49.3 Å². The number of rotatable bonds is 4. The molecule has 1 unspecified atom stereocenters. The summed E-state index contributed by atoms with van der Waals surface area (Å²) in [5.41, 5.74) is 1.03. The SMILES string of the molecule is O=C(NCC(O)c1csc2ccccc12)c1cccc(F)c1. The summed E-state index contributed by atoms with van der Waals surface area (Å²) in [6.45, 7) is 0.0794. The smallest absolute Gasteiger partial charge is 0.251 e. The summed E-state index contributed by atoms with van der Waals surface area (Å²) in [5.74, 6) is -0.866. The lowest BCUT2D eigenvalue weighted by Gasteiger charge is -2.11. The Labute approximate surface area is 131 Å². The molecule has 2 aromatic carbocycles. The molecule has 1 amide bonds. The molecule has 0 saturated carbocycles. The summed E-state index contributed by atoms with van der Waals surface area (Å²) in [6, 6.07) is 13.3. The zero-order chi connectivity index (χ0) is 15.5. The fourth-order valence-electron chi connectivity index (χ4n) is 2.29. The van der Waals surface area contributed by atoms with Crippen LogP contribution in [0.1, 0.15) is 22.0 Å². The lowest BCUT2D eigenvalue weighted by molar-refractivity contribution is 0.0916. The van der Waals surface area contributed by atoms with Crippen molar-refractivity contribution in [1.29, 1.82) is 0 Å². The number of hydrogen-bond acceptors (Lipinski definition) is 3. The third kappa shape index (κ3) is 3.00. The second kappa shape index (κ2) is 6.25. The second-order valence-corrected chi connectivity index (χ2v) is 5.83. The number of thiophene rings is 1. The second-order valence-electron chi connectivity index (χ2n) is 4.92. The highest BCUT2D eigenvalue weighted by molar-refractivity contribution is 7.17. The van der Waals surface area contributed by atoms with Crippen LogP contribution in [0.2, 0.25) is 0 Å². The maximum Gasteiger partial charge on any atom is 0.251 e. The van der Waals surface area contributed by atoms with E-state index in [2.05, 4.69) is 5.32 Å². The van der Waals surface area contributed by atoms with Crippen molar-refractivity contribution in [3.63, 3.8) is 0 Å². The average molecular weight is 315 g/mol. The first kappa shape index (κ1) is 14.7. The maximum atomic E-state index is 13.1. The van der Waals surface area contributed by atoms with Crippen molar-refractivity contribution in [2.45, 2.75) is 6.10 Å². The summed E-state index contributed by atoms with van der Waals surface area (Å²) in [6.07, 6.45) is -0.798. The Hall–Kier alpha value is -2.24. The molecule has 0 aliphatic carbocycles. The molecule has 3 rings (SSSR count). The number of halogens is 1. The maximum absolute atomic E-state index is 13.1. The monoisotopic (exact) mass is 315 g/mol. The van der Waals surface area contributed by atoms with Crippen molar-refractivity contribution in [1.82, 2.24) is 5.32 Å². The van der Waals surface area contributed by atoms with Crippen LogP contribution in [0.25, 0.3) is 10.1 Å². The molecule has 1 aromatic heterocycles. The minimum atomic E-state index is -0.798. The van der Waals surface area contributed by atoms with Gasteiger partial charge in [0.2, 0.25) is 0 Å². The first-order valence-electron chi connectivity index (χ1n) is 6.83. The van der Waals surface area contributed by atoms with Crippen LogP contribution >= 0.6 is 11.3 Å². The zero-order valence-corrected chi connectivity index (χ0v) is 12.4. The molecule has 5 heteroatoms. The highest BCUT2D eigenvalue weighted by atomic mass is 32.1. The predicted molar refractivity (Wildman–Crippen MR) is 85.5 cm³/mol. The predicted octanol–water partition coefficient (Wildman–Crippen LogP) is 3.50. The molecule has 1 atom stereocenters. The third-order valence-electron chi connectivity index (χ3n) is 3.41. The number of nitrogens with one attached hydrogen (secondary N) is 1. The Kier molecular flexibility index (Phi) is 4.18. The molecule has 0 aliphatic heterocycles.